The standard InChI is InChI=1S/C33H44BN5O7S/c1-31(2,34-45-32(3,4)33(5,6)46-34)21-39-17-13-28(37-39)47(41,42)38-30(40)36-29-25-9-7-8-22(25)10-11-26(29)23-12-16-35-27(20-23)44-24-14-18-43-19-15-24/h10-13,16-17,20,24H,7-9,14-15,18-19,21H2,1-6H3,(H2,36,38,40). The van der Waals surface area contributed by atoms with Gasteiger partial charge in [0.05, 0.1) is 30.1 Å². The Morgan fingerprint density at radius 3 is 2.53 bits per heavy atom. The zero-order valence-electron chi connectivity index (χ0n) is 28.0. The fourth-order valence-corrected chi connectivity index (χ4v) is 7.05. The number of sulfonamides is 1. The van der Waals surface area contributed by atoms with Crippen molar-refractivity contribution in [1.82, 2.24) is 19.5 Å². The minimum absolute atomic E-state index is 0.0262. The molecule has 2 aromatic heterocycles. The van der Waals surface area contributed by atoms with E-state index in [1.165, 1.54) is 10.7 Å². The first kappa shape index (κ1) is 33.4. The molecule has 2 fully saturated rings. The molecule has 2 saturated heterocycles. The maximum absolute atomic E-state index is 13.3. The van der Waals surface area contributed by atoms with Gasteiger partial charge in [0.15, 0.2) is 5.03 Å². The average molecular weight is 666 g/mol. The predicted molar refractivity (Wildman–Crippen MR) is 178 cm³/mol. The Bertz CT molecular complexity index is 1740. The van der Waals surface area contributed by atoms with E-state index in [-0.39, 0.29) is 11.1 Å². The minimum Gasteiger partial charge on any atom is -0.474 e. The highest BCUT2D eigenvalue weighted by Gasteiger charge is 2.56. The first-order valence-electron chi connectivity index (χ1n) is 16.2. The van der Waals surface area contributed by atoms with Gasteiger partial charge >= 0.3 is 13.1 Å². The van der Waals surface area contributed by atoms with E-state index in [1.807, 2.05) is 59.7 Å². The van der Waals surface area contributed by atoms with Gasteiger partial charge in [-0.3, -0.25) is 4.68 Å². The van der Waals surface area contributed by atoms with Gasteiger partial charge in [-0.2, -0.15) is 13.5 Å². The van der Waals surface area contributed by atoms with Crippen molar-refractivity contribution in [3.05, 3.63) is 53.9 Å². The largest absolute Gasteiger partial charge is 0.474 e. The molecule has 12 nitrogen and oxygen atoms in total. The average Bonchev–Trinajstić information content (AvgIpc) is 3.72. The van der Waals surface area contributed by atoms with Crippen molar-refractivity contribution in [3.63, 3.8) is 0 Å². The number of urea groups is 1. The number of nitrogens with one attached hydrogen (secondary N) is 2. The summed E-state index contributed by atoms with van der Waals surface area (Å²) in [6.45, 7) is 13.6. The summed E-state index contributed by atoms with van der Waals surface area (Å²) in [5.74, 6) is 0.491. The van der Waals surface area contributed by atoms with Gasteiger partial charge in [0, 0.05) is 48.7 Å². The number of carbonyl (C=O) groups excluding carboxylic acids is 1. The molecule has 252 valence electrons. The first-order valence-corrected chi connectivity index (χ1v) is 17.7. The summed E-state index contributed by atoms with van der Waals surface area (Å²) >= 11 is 0. The van der Waals surface area contributed by atoms with Crippen LogP contribution in [0, 0.1) is 0 Å². The maximum Gasteiger partial charge on any atom is 0.465 e. The molecule has 0 saturated carbocycles. The summed E-state index contributed by atoms with van der Waals surface area (Å²) in [6.07, 6.45) is 7.47. The number of rotatable bonds is 9. The Kier molecular flexibility index (Phi) is 8.92. The van der Waals surface area contributed by atoms with Gasteiger partial charge in [0.1, 0.15) is 6.10 Å². The lowest BCUT2D eigenvalue weighted by Crippen LogP contribution is -2.41. The number of pyridine rings is 1. The van der Waals surface area contributed by atoms with Crippen LogP contribution >= 0.6 is 0 Å². The van der Waals surface area contributed by atoms with Crippen molar-refractivity contribution >= 4 is 28.9 Å². The number of hydrogen-bond acceptors (Lipinski definition) is 9. The number of aryl methyl sites for hydroxylation is 1. The molecule has 2 amide bonds. The van der Waals surface area contributed by atoms with Crippen molar-refractivity contribution in [2.45, 2.75) is 108 Å². The van der Waals surface area contributed by atoms with Crippen LogP contribution in [0.5, 0.6) is 5.88 Å². The number of hydrogen-bond donors (Lipinski definition) is 2. The third-order valence-electron chi connectivity index (χ3n) is 9.60. The lowest BCUT2D eigenvalue weighted by molar-refractivity contribution is 0.00578. The van der Waals surface area contributed by atoms with Crippen molar-refractivity contribution in [1.29, 1.82) is 0 Å². The number of fused-ring (bicyclic) bond motifs is 1. The SMILES string of the molecule is CC(C)(Cn1ccc(S(=O)(=O)NC(=O)Nc2c(-c3ccnc(OC4CCOCC4)c3)ccc3c2CCC3)n1)B1OC(C)(C)C(C)(C)O1. The molecule has 0 spiro atoms. The fraction of sp³-hybridized carbons (Fsp3) is 0.545. The number of amides is 2. The lowest BCUT2D eigenvalue weighted by atomic mass is 9.59. The highest BCUT2D eigenvalue weighted by Crippen LogP contribution is 2.45. The second-order valence-corrected chi connectivity index (χ2v) is 15.9. The molecule has 3 aliphatic rings. The van der Waals surface area contributed by atoms with Crippen LogP contribution in [0.4, 0.5) is 10.5 Å². The van der Waals surface area contributed by atoms with Gasteiger partial charge in [-0.1, -0.05) is 26.0 Å². The second-order valence-electron chi connectivity index (χ2n) is 14.3. The van der Waals surface area contributed by atoms with Crippen LogP contribution in [-0.4, -0.2) is 66.9 Å². The van der Waals surface area contributed by atoms with Crippen LogP contribution in [0.15, 0.2) is 47.8 Å². The molecule has 3 aromatic rings. The fourth-order valence-electron chi connectivity index (χ4n) is 6.20. The predicted octanol–water partition coefficient (Wildman–Crippen LogP) is 5.37. The highest BCUT2D eigenvalue weighted by molar-refractivity contribution is 7.90. The van der Waals surface area contributed by atoms with E-state index in [4.69, 9.17) is 18.8 Å². The van der Waals surface area contributed by atoms with E-state index in [2.05, 4.69) is 26.2 Å². The molecule has 0 bridgehead atoms. The number of nitrogens with zero attached hydrogens (tertiary/aromatic N) is 3. The second kappa shape index (κ2) is 12.5. The van der Waals surface area contributed by atoms with E-state index in [9.17, 15) is 13.2 Å². The lowest BCUT2D eigenvalue weighted by Gasteiger charge is -2.32. The molecule has 14 heteroatoms. The number of benzene rings is 1. The molecule has 47 heavy (non-hydrogen) atoms. The van der Waals surface area contributed by atoms with Crippen molar-refractivity contribution in [3.8, 4) is 17.0 Å². The Balaban J connectivity index is 1.17. The van der Waals surface area contributed by atoms with Gasteiger partial charge in [-0.05, 0) is 75.8 Å². The molecule has 2 N–H and O–H groups in total. The summed E-state index contributed by atoms with van der Waals surface area (Å²) in [5.41, 5.74) is 3.26. The van der Waals surface area contributed by atoms with E-state index < -0.39 is 39.7 Å². The molecule has 0 radical (unpaired) electrons. The molecule has 0 atom stereocenters. The molecule has 1 aromatic carbocycles. The Morgan fingerprint density at radius 1 is 1.09 bits per heavy atom. The Morgan fingerprint density at radius 2 is 1.81 bits per heavy atom. The third kappa shape index (κ3) is 7.06. The van der Waals surface area contributed by atoms with Crippen LogP contribution in [0.25, 0.3) is 11.1 Å². The normalized spacial score (nSPS) is 19.4. The van der Waals surface area contributed by atoms with Crippen molar-refractivity contribution in [2.75, 3.05) is 18.5 Å². The number of aromatic nitrogens is 3. The monoisotopic (exact) mass is 665 g/mol. The van der Waals surface area contributed by atoms with Crippen molar-refractivity contribution in [2.24, 2.45) is 0 Å². The highest BCUT2D eigenvalue weighted by atomic mass is 32.2. The smallest absolute Gasteiger partial charge is 0.465 e. The Labute approximate surface area is 277 Å². The summed E-state index contributed by atoms with van der Waals surface area (Å²) in [5, 5.41) is 6.36. The molecular formula is C33H44BN5O7S. The number of carbonyl (C=O) groups is 1. The zero-order valence-corrected chi connectivity index (χ0v) is 28.8. The van der Waals surface area contributed by atoms with E-state index in [0.717, 1.165) is 54.4 Å². The summed E-state index contributed by atoms with van der Waals surface area (Å²) in [7, 11) is -4.80. The number of anilines is 1. The molecule has 6 rings (SSSR count). The van der Waals surface area contributed by atoms with Crippen LogP contribution in [0.1, 0.15) is 71.9 Å². The van der Waals surface area contributed by atoms with Crippen LogP contribution in [0.2, 0.25) is 5.31 Å². The summed E-state index contributed by atoms with van der Waals surface area (Å²) < 4.78 is 54.4. The molecule has 4 heterocycles. The van der Waals surface area contributed by atoms with Crippen LogP contribution < -0.4 is 14.8 Å². The van der Waals surface area contributed by atoms with Crippen molar-refractivity contribution < 1.29 is 32.0 Å². The van der Waals surface area contributed by atoms with E-state index in [0.29, 0.717) is 31.3 Å². The molecular weight excluding hydrogens is 621 g/mol. The minimum atomic E-state index is -4.28. The molecule has 2 aliphatic heterocycles. The maximum atomic E-state index is 13.3. The number of ether oxygens (including phenoxy) is 2. The van der Waals surface area contributed by atoms with E-state index >= 15 is 0 Å². The summed E-state index contributed by atoms with van der Waals surface area (Å²) in [4.78, 5) is 17.7. The van der Waals surface area contributed by atoms with Gasteiger partial charge in [0.2, 0.25) is 5.88 Å². The topological polar surface area (TPSA) is 143 Å². The van der Waals surface area contributed by atoms with Gasteiger partial charge in [-0.25, -0.2) is 14.5 Å². The zero-order chi connectivity index (χ0) is 33.6. The van der Waals surface area contributed by atoms with Gasteiger partial charge < -0.3 is 24.1 Å². The summed E-state index contributed by atoms with van der Waals surface area (Å²) in [6, 6.07) is 8.22. The quantitative estimate of drug-likeness (QED) is 0.288. The Hall–Kier alpha value is -3.46. The first-order chi connectivity index (χ1) is 22.1. The van der Waals surface area contributed by atoms with E-state index in [1.54, 1.807) is 12.4 Å². The molecule has 1 aliphatic carbocycles. The van der Waals surface area contributed by atoms with Gasteiger partial charge in [-0.15, -0.1) is 0 Å². The van der Waals surface area contributed by atoms with Crippen LogP contribution in [0.3, 0.4) is 0 Å². The van der Waals surface area contributed by atoms with Crippen LogP contribution in [-0.2, 0) is 43.5 Å². The molecule has 0 unspecified atom stereocenters. The van der Waals surface area contributed by atoms with Gasteiger partial charge in [0.25, 0.3) is 10.0 Å². The third-order valence-corrected chi connectivity index (χ3v) is 10.8.